The van der Waals surface area contributed by atoms with Gasteiger partial charge in [0.25, 0.3) is 20.6 Å². The summed E-state index contributed by atoms with van der Waals surface area (Å²) in [5, 5.41) is 12.9. The van der Waals surface area contributed by atoms with Crippen molar-refractivity contribution in [3.63, 3.8) is 0 Å². The molecule has 0 fully saturated rings. The Hall–Kier alpha value is -1.19. The number of nitro benzene ring substituents is 1. The van der Waals surface area contributed by atoms with E-state index in [1.54, 1.807) is 0 Å². The number of rotatable bonds is 3. The molecule has 18 heavy (non-hydrogen) atoms. The Morgan fingerprint density at radius 3 is 2.44 bits per heavy atom. The first-order chi connectivity index (χ1) is 8.18. The van der Waals surface area contributed by atoms with Crippen LogP contribution in [0.1, 0.15) is 10.4 Å². The highest BCUT2D eigenvalue weighted by Gasteiger charge is 2.25. The summed E-state index contributed by atoms with van der Waals surface area (Å²) in [6.07, 6.45) is 0. The molecule has 0 spiro atoms. The number of benzene rings is 1. The fourth-order valence-corrected chi connectivity index (χ4v) is 3.44. The van der Waals surface area contributed by atoms with Crippen LogP contribution in [0.2, 0.25) is 0 Å². The van der Waals surface area contributed by atoms with Gasteiger partial charge in [-0.05, 0) is 15.9 Å². The highest BCUT2D eigenvalue weighted by molar-refractivity contribution is 9.10. The zero-order chi connectivity index (χ0) is 14.1. The molecule has 1 rings (SSSR count). The highest BCUT2D eigenvalue weighted by Crippen LogP contribution is 2.32. The topological polar surface area (TPSA) is 106 Å². The van der Waals surface area contributed by atoms with Gasteiger partial charge in [-0.2, -0.15) is 0 Å². The van der Waals surface area contributed by atoms with E-state index in [1.807, 2.05) is 0 Å². The van der Waals surface area contributed by atoms with Gasteiger partial charge in [-0.15, -0.1) is 0 Å². The van der Waals surface area contributed by atoms with Crippen LogP contribution < -0.4 is 5.32 Å². The van der Waals surface area contributed by atoms with E-state index in [4.69, 9.17) is 10.7 Å². The Morgan fingerprint density at radius 2 is 2.06 bits per heavy atom. The predicted octanol–water partition coefficient (Wildman–Crippen LogP) is 1.64. The average molecular weight is 358 g/mol. The second kappa shape index (κ2) is 5.21. The second-order valence-corrected chi connectivity index (χ2v) is 6.41. The Labute approximate surface area is 115 Å². The van der Waals surface area contributed by atoms with E-state index in [2.05, 4.69) is 21.2 Å². The highest BCUT2D eigenvalue weighted by atomic mass is 79.9. The van der Waals surface area contributed by atoms with Crippen molar-refractivity contribution in [2.24, 2.45) is 0 Å². The van der Waals surface area contributed by atoms with Gasteiger partial charge >= 0.3 is 0 Å². The molecule has 98 valence electrons. The van der Waals surface area contributed by atoms with E-state index in [1.165, 1.54) is 7.05 Å². The van der Waals surface area contributed by atoms with Crippen LogP contribution >= 0.6 is 26.6 Å². The monoisotopic (exact) mass is 356 g/mol. The van der Waals surface area contributed by atoms with Gasteiger partial charge in [-0.3, -0.25) is 14.9 Å². The SMILES string of the molecule is CNC(=O)c1cc([N+](=O)[O-])cc(S(=O)(=O)Cl)c1Br. The standard InChI is InChI=1S/C8H6BrClN2O5S/c1-11-8(13)5-2-4(12(14)15)3-6(7(5)9)18(10,16)17/h2-3H,1H3,(H,11,13). The third-order valence-electron chi connectivity index (χ3n) is 1.97. The van der Waals surface area contributed by atoms with Crippen molar-refractivity contribution in [2.75, 3.05) is 7.05 Å². The van der Waals surface area contributed by atoms with E-state index < -0.39 is 30.5 Å². The van der Waals surface area contributed by atoms with Crippen molar-refractivity contribution in [3.8, 4) is 0 Å². The summed E-state index contributed by atoms with van der Waals surface area (Å²) in [5.41, 5.74) is -0.734. The summed E-state index contributed by atoms with van der Waals surface area (Å²) in [7, 11) is 2.24. The molecule has 7 nitrogen and oxygen atoms in total. The van der Waals surface area contributed by atoms with E-state index in [0.29, 0.717) is 0 Å². The summed E-state index contributed by atoms with van der Waals surface area (Å²) < 4.78 is 22.4. The number of nitro groups is 1. The zero-order valence-electron chi connectivity index (χ0n) is 8.81. The minimum atomic E-state index is -4.21. The van der Waals surface area contributed by atoms with Crippen LogP contribution in [0.25, 0.3) is 0 Å². The lowest BCUT2D eigenvalue weighted by molar-refractivity contribution is -0.385. The van der Waals surface area contributed by atoms with Crippen molar-refractivity contribution in [1.29, 1.82) is 0 Å². The quantitative estimate of drug-likeness (QED) is 0.503. The maximum atomic E-state index is 11.5. The van der Waals surface area contributed by atoms with Crippen molar-refractivity contribution in [1.82, 2.24) is 5.32 Å². The van der Waals surface area contributed by atoms with E-state index in [9.17, 15) is 23.3 Å². The van der Waals surface area contributed by atoms with Crippen LogP contribution in [-0.2, 0) is 9.05 Å². The first-order valence-electron chi connectivity index (χ1n) is 4.33. The number of carbonyl (C=O) groups excluding carboxylic acids is 1. The van der Waals surface area contributed by atoms with Crippen LogP contribution in [0.4, 0.5) is 5.69 Å². The molecule has 0 heterocycles. The molecule has 0 aromatic heterocycles. The number of hydrogen-bond acceptors (Lipinski definition) is 5. The van der Waals surface area contributed by atoms with Gasteiger partial charge in [0.05, 0.1) is 15.0 Å². The maximum Gasteiger partial charge on any atom is 0.271 e. The lowest BCUT2D eigenvalue weighted by atomic mass is 10.2. The van der Waals surface area contributed by atoms with Gasteiger partial charge in [-0.25, -0.2) is 8.42 Å². The Balaban J connectivity index is 3.69. The van der Waals surface area contributed by atoms with Crippen molar-refractivity contribution in [3.05, 3.63) is 32.3 Å². The number of non-ortho nitro benzene ring substituents is 1. The number of amides is 1. The number of nitrogens with zero attached hydrogens (tertiary/aromatic N) is 1. The number of halogens is 2. The molecular formula is C8H6BrClN2O5S. The predicted molar refractivity (Wildman–Crippen MR) is 67.2 cm³/mol. The van der Waals surface area contributed by atoms with Crippen molar-refractivity contribution in [2.45, 2.75) is 4.90 Å². The van der Waals surface area contributed by atoms with E-state index in [0.717, 1.165) is 12.1 Å². The summed E-state index contributed by atoms with van der Waals surface area (Å²) in [6.45, 7) is 0. The first-order valence-corrected chi connectivity index (χ1v) is 7.43. The Bertz CT molecular complexity index is 631. The fourth-order valence-electron chi connectivity index (χ4n) is 1.17. The molecule has 1 amide bonds. The molecule has 0 aliphatic rings. The number of carbonyl (C=O) groups is 1. The Morgan fingerprint density at radius 1 is 1.50 bits per heavy atom. The fraction of sp³-hybridized carbons (Fsp3) is 0.125. The molecule has 1 N–H and O–H groups in total. The third kappa shape index (κ3) is 2.98. The maximum absolute atomic E-state index is 11.5. The molecular weight excluding hydrogens is 352 g/mol. The van der Waals surface area contributed by atoms with Gasteiger partial charge in [0, 0.05) is 29.9 Å². The summed E-state index contributed by atoms with van der Waals surface area (Å²) in [4.78, 5) is 20.8. The lowest BCUT2D eigenvalue weighted by Gasteiger charge is -2.06. The number of nitrogens with one attached hydrogen (secondary N) is 1. The molecule has 1 aromatic carbocycles. The van der Waals surface area contributed by atoms with Crippen LogP contribution in [0.3, 0.4) is 0 Å². The molecule has 1 aromatic rings. The zero-order valence-corrected chi connectivity index (χ0v) is 12.0. The van der Waals surface area contributed by atoms with Crippen molar-refractivity contribution < 1.29 is 18.1 Å². The van der Waals surface area contributed by atoms with E-state index >= 15 is 0 Å². The van der Waals surface area contributed by atoms with E-state index in [-0.39, 0.29) is 10.0 Å². The van der Waals surface area contributed by atoms with Gasteiger partial charge in [0.15, 0.2) is 0 Å². The largest absolute Gasteiger partial charge is 0.355 e. The average Bonchev–Trinajstić information content (AvgIpc) is 2.26. The first kappa shape index (κ1) is 14.9. The summed E-state index contributed by atoms with van der Waals surface area (Å²) in [6, 6.07) is 1.73. The molecule has 0 aliphatic carbocycles. The van der Waals surface area contributed by atoms with Crippen LogP contribution in [0.15, 0.2) is 21.5 Å². The molecule has 10 heteroatoms. The van der Waals surface area contributed by atoms with Gasteiger partial charge in [0.2, 0.25) is 0 Å². The molecule has 0 saturated heterocycles. The minimum absolute atomic E-state index is 0.123. The molecule has 0 bridgehead atoms. The summed E-state index contributed by atoms with van der Waals surface area (Å²) >= 11 is 2.89. The van der Waals surface area contributed by atoms with Crippen LogP contribution in [0, 0.1) is 10.1 Å². The smallest absolute Gasteiger partial charge is 0.271 e. The lowest BCUT2D eigenvalue weighted by Crippen LogP contribution is -2.19. The van der Waals surface area contributed by atoms with Crippen molar-refractivity contribution >= 4 is 47.3 Å². The van der Waals surface area contributed by atoms with Gasteiger partial charge in [0.1, 0.15) is 4.90 Å². The summed E-state index contributed by atoms with van der Waals surface area (Å²) in [5.74, 6) is -0.674. The second-order valence-electron chi connectivity index (χ2n) is 3.08. The third-order valence-corrected chi connectivity index (χ3v) is 4.43. The number of hydrogen-bond donors (Lipinski definition) is 1. The molecule has 0 saturated carbocycles. The normalized spacial score (nSPS) is 11.1. The molecule has 0 aliphatic heterocycles. The molecule has 0 atom stereocenters. The van der Waals surface area contributed by atoms with Crippen LogP contribution in [-0.4, -0.2) is 26.3 Å². The van der Waals surface area contributed by atoms with Gasteiger partial charge < -0.3 is 5.32 Å². The minimum Gasteiger partial charge on any atom is -0.355 e. The van der Waals surface area contributed by atoms with Crippen LogP contribution in [0.5, 0.6) is 0 Å². The molecule has 0 radical (unpaired) electrons. The molecule has 0 unspecified atom stereocenters. The Kier molecular flexibility index (Phi) is 4.30. The van der Waals surface area contributed by atoms with Gasteiger partial charge in [-0.1, -0.05) is 0 Å².